The topological polar surface area (TPSA) is 26.7 Å². The van der Waals surface area contributed by atoms with Crippen molar-refractivity contribution in [1.29, 1.82) is 0 Å². The quantitative estimate of drug-likeness (QED) is 0.768. The molecule has 0 aromatic rings. The van der Waals surface area contributed by atoms with Crippen molar-refractivity contribution in [1.82, 2.24) is 9.80 Å². The van der Waals surface area contributed by atoms with Gasteiger partial charge in [0.2, 0.25) is 0 Å². The van der Waals surface area contributed by atoms with Gasteiger partial charge in [-0.3, -0.25) is 9.80 Å². The van der Waals surface area contributed by atoms with Crippen LogP contribution in [-0.2, 0) is 0 Å². The van der Waals surface area contributed by atoms with Crippen LogP contribution in [0.4, 0.5) is 0 Å². The van der Waals surface area contributed by atoms with Crippen LogP contribution in [0.1, 0.15) is 44.9 Å². The monoisotopic (exact) mass is 224 g/mol. The van der Waals surface area contributed by atoms with Crippen molar-refractivity contribution in [3.8, 4) is 0 Å². The zero-order valence-electron chi connectivity index (χ0n) is 10.2. The summed E-state index contributed by atoms with van der Waals surface area (Å²) in [6.45, 7) is 4.59. The van der Waals surface area contributed by atoms with Crippen LogP contribution in [-0.4, -0.2) is 52.9 Å². The first-order chi connectivity index (χ1) is 7.78. The molecular formula is C13H24N2O. The Labute approximate surface area is 98.4 Å². The van der Waals surface area contributed by atoms with Gasteiger partial charge in [-0.05, 0) is 51.5 Å². The first kappa shape index (κ1) is 11.0. The molecule has 0 amide bonds. The van der Waals surface area contributed by atoms with Crippen molar-refractivity contribution in [3.05, 3.63) is 0 Å². The Hall–Kier alpha value is -0.120. The summed E-state index contributed by atoms with van der Waals surface area (Å²) in [5, 5.41) is 10.6. The molecule has 3 nitrogen and oxygen atoms in total. The molecule has 3 aliphatic rings. The first-order valence-corrected chi connectivity index (χ1v) is 6.99. The van der Waals surface area contributed by atoms with Gasteiger partial charge < -0.3 is 5.11 Å². The third kappa shape index (κ3) is 2.13. The molecule has 3 rings (SSSR count). The maximum Gasteiger partial charge on any atom is 0.118 e. The third-order valence-electron chi connectivity index (χ3n) is 4.59. The Morgan fingerprint density at radius 2 is 1.62 bits per heavy atom. The van der Waals surface area contributed by atoms with E-state index in [4.69, 9.17) is 0 Å². The zero-order chi connectivity index (χ0) is 11.0. The number of nitrogens with zero attached hydrogens (tertiary/aromatic N) is 2. The largest absolute Gasteiger partial charge is 0.376 e. The molecule has 2 aliphatic carbocycles. The van der Waals surface area contributed by atoms with Crippen LogP contribution in [0.3, 0.4) is 0 Å². The van der Waals surface area contributed by atoms with E-state index in [0.717, 1.165) is 32.0 Å². The summed E-state index contributed by atoms with van der Waals surface area (Å²) in [5.41, 5.74) is -0.445. The highest BCUT2D eigenvalue weighted by Gasteiger charge is 2.39. The van der Waals surface area contributed by atoms with Crippen LogP contribution in [0.2, 0.25) is 0 Å². The van der Waals surface area contributed by atoms with Gasteiger partial charge in [0, 0.05) is 25.7 Å². The fourth-order valence-electron chi connectivity index (χ4n) is 3.42. The van der Waals surface area contributed by atoms with E-state index in [9.17, 15) is 5.11 Å². The van der Waals surface area contributed by atoms with E-state index in [0.29, 0.717) is 0 Å². The van der Waals surface area contributed by atoms with Gasteiger partial charge in [0.05, 0.1) is 0 Å². The molecule has 0 radical (unpaired) electrons. The maximum atomic E-state index is 10.6. The van der Waals surface area contributed by atoms with E-state index in [1.54, 1.807) is 0 Å². The van der Waals surface area contributed by atoms with Crippen LogP contribution in [0, 0.1) is 0 Å². The van der Waals surface area contributed by atoms with E-state index in [1.165, 1.54) is 45.2 Å². The van der Waals surface area contributed by atoms with Gasteiger partial charge in [-0.2, -0.15) is 0 Å². The normalized spacial score (nSPS) is 32.8. The van der Waals surface area contributed by atoms with Crippen LogP contribution in [0.5, 0.6) is 0 Å². The Balaban J connectivity index is 1.60. The summed E-state index contributed by atoms with van der Waals surface area (Å²) in [4.78, 5) is 5.00. The van der Waals surface area contributed by atoms with Crippen LogP contribution in [0.25, 0.3) is 0 Å². The molecule has 0 aromatic carbocycles. The molecular weight excluding hydrogens is 200 g/mol. The summed E-state index contributed by atoms with van der Waals surface area (Å²) in [6.07, 6.45) is 8.46. The number of hydrogen-bond acceptors (Lipinski definition) is 3. The average molecular weight is 224 g/mol. The van der Waals surface area contributed by atoms with Gasteiger partial charge in [0.15, 0.2) is 0 Å². The number of rotatable bonds is 2. The Kier molecular flexibility index (Phi) is 2.94. The Bertz CT molecular complexity index is 246. The predicted octanol–water partition coefficient (Wildman–Crippen LogP) is 1.42. The molecule has 0 bridgehead atoms. The molecule has 3 fully saturated rings. The second-order valence-corrected chi connectivity index (χ2v) is 5.80. The number of aliphatic hydroxyl groups is 1. The van der Waals surface area contributed by atoms with Crippen LogP contribution < -0.4 is 0 Å². The fourth-order valence-corrected chi connectivity index (χ4v) is 3.42. The summed E-state index contributed by atoms with van der Waals surface area (Å²) in [6, 6.07) is 0.887. The maximum absolute atomic E-state index is 10.6. The van der Waals surface area contributed by atoms with E-state index < -0.39 is 5.72 Å². The summed E-state index contributed by atoms with van der Waals surface area (Å²) >= 11 is 0. The van der Waals surface area contributed by atoms with Gasteiger partial charge in [-0.15, -0.1) is 0 Å². The number of hydrogen-bond donors (Lipinski definition) is 1. The highest BCUT2D eigenvalue weighted by molar-refractivity contribution is 4.90. The lowest BCUT2D eigenvalue weighted by atomic mass is 10.1. The van der Waals surface area contributed by atoms with Crippen molar-refractivity contribution >= 4 is 0 Å². The SMILES string of the molecule is OC1(N2CCCN(C3CC3)CC2)CCCC1. The van der Waals surface area contributed by atoms with Crippen molar-refractivity contribution < 1.29 is 5.11 Å². The van der Waals surface area contributed by atoms with E-state index >= 15 is 0 Å². The first-order valence-electron chi connectivity index (χ1n) is 6.99. The molecule has 1 N–H and O–H groups in total. The fraction of sp³-hybridized carbons (Fsp3) is 1.00. The molecule has 2 saturated carbocycles. The van der Waals surface area contributed by atoms with Gasteiger partial charge in [-0.25, -0.2) is 0 Å². The van der Waals surface area contributed by atoms with Gasteiger partial charge in [0.1, 0.15) is 5.72 Å². The second kappa shape index (κ2) is 4.28. The second-order valence-electron chi connectivity index (χ2n) is 5.80. The lowest BCUT2D eigenvalue weighted by Gasteiger charge is -2.36. The predicted molar refractivity (Wildman–Crippen MR) is 64.2 cm³/mol. The smallest absolute Gasteiger partial charge is 0.118 e. The van der Waals surface area contributed by atoms with Crippen molar-refractivity contribution in [2.75, 3.05) is 26.2 Å². The van der Waals surface area contributed by atoms with Crippen LogP contribution >= 0.6 is 0 Å². The zero-order valence-corrected chi connectivity index (χ0v) is 10.2. The van der Waals surface area contributed by atoms with Gasteiger partial charge in [-0.1, -0.05) is 0 Å². The van der Waals surface area contributed by atoms with Crippen molar-refractivity contribution in [3.63, 3.8) is 0 Å². The molecule has 16 heavy (non-hydrogen) atoms. The summed E-state index contributed by atoms with van der Waals surface area (Å²) in [5.74, 6) is 0. The summed E-state index contributed by atoms with van der Waals surface area (Å²) < 4.78 is 0. The minimum Gasteiger partial charge on any atom is -0.376 e. The molecule has 0 spiro atoms. The molecule has 3 heteroatoms. The molecule has 0 aromatic heterocycles. The van der Waals surface area contributed by atoms with E-state index in [2.05, 4.69) is 9.80 Å². The highest BCUT2D eigenvalue weighted by atomic mass is 16.3. The van der Waals surface area contributed by atoms with E-state index in [-0.39, 0.29) is 0 Å². The third-order valence-corrected chi connectivity index (χ3v) is 4.59. The standard InChI is InChI=1S/C13H24N2O/c16-13(6-1-2-7-13)15-9-3-8-14(10-11-15)12-4-5-12/h12,16H,1-11H2. The Morgan fingerprint density at radius 3 is 2.31 bits per heavy atom. The van der Waals surface area contributed by atoms with Crippen molar-refractivity contribution in [2.24, 2.45) is 0 Å². The van der Waals surface area contributed by atoms with Gasteiger partial charge in [0.25, 0.3) is 0 Å². The molecule has 0 atom stereocenters. The average Bonchev–Trinajstić information content (AvgIpc) is 3.06. The lowest BCUT2D eigenvalue weighted by molar-refractivity contribution is -0.101. The van der Waals surface area contributed by atoms with E-state index in [1.807, 2.05) is 0 Å². The molecule has 1 aliphatic heterocycles. The molecule has 1 saturated heterocycles. The minimum atomic E-state index is -0.445. The Morgan fingerprint density at radius 1 is 0.875 bits per heavy atom. The van der Waals surface area contributed by atoms with Crippen LogP contribution in [0.15, 0.2) is 0 Å². The lowest BCUT2D eigenvalue weighted by Crippen LogP contribution is -2.48. The van der Waals surface area contributed by atoms with Crippen molar-refractivity contribution in [2.45, 2.75) is 56.7 Å². The summed E-state index contributed by atoms with van der Waals surface area (Å²) in [7, 11) is 0. The molecule has 92 valence electrons. The van der Waals surface area contributed by atoms with Gasteiger partial charge >= 0.3 is 0 Å². The highest BCUT2D eigenvalue weighted by Crippen LogP contribution is 2.34. The molecule has 0 unspecified atom stereocenters. The molecule has 1 heterocycles. The minimum absolute atomic E-state index is 0.445.